The second kappa shape index (κ2) is 13.8. The van der Waals surface area contributed by atoms with E-state index in [1.807, 2.05) is 0 Å². The maximum atomic E-state index is 17.3. The molecule has 280 valence electrons. The fraction of sp³-hybridized carbons (Fsp3) is 0.472. The molecule has 1 saturated carbocycles. The number of aromatic nitrogens is 2. The molecule has 0 radical (unpaired) electrons. The molecule has 53 heavy (non-hydrogen) atoms. The van der Waals surface area contributed by atoms with Crippen LogP contribution >= 0.6 is 0 Å². The largest absolute Gasteiger partial charge is 0.468 e. The SMILES string of the molecule is COCOc1cc(-c2c([N+](=O)[O-])cc3c(N4C[C@H]5CC[C@@H](C4)N5C(=O)O)nc(OCC4(CN5CCOCC5)CC4)nc3c2F)c2c(F)c(F)ccc2c1. The van der Waals surface area contributed by atoms with Gasteiger partial charge < -0.3 is 29.0 Å². The lowest BCUT2D eigenvalue weighted by Gasteiger charge is -2.40. The van der Waals surface area contributed by atoms with Crippen molar-refractivity contribution < 1.29 is 46.9 Å². The Morgan fingerprint density at radius 1 is 1.06 bits per heavy atom. The molecule has 14 nitrogen and oxygen atoms in total. The van der Waals surface area contributed by atoms with E-state index >= 15 is 8.78 Å². The van der Waals surface area contributed by atoms with Crippen LogP contribution in [0.2, 0.25) is 0 Å². The van der Waals surface area contributed by atoms with Crippen molar-refractivity contribution in [2.24, 2.45) is 5.41 Å². The van der Waals surface area contributed by atoms with Gasteiger partial charge in [-0.25, -0.2) is 18.0 Å². The van der Waals surface area contributed by atoms with Gasteiger partial charge in [0.15, 0.2) is 24.2 Å². The second-order valence-corrected chi connectivity index (χ2v) is 14.2. The quantitative estimate of drug-likeness (QED) is 0.116. The zero-order valence-electron chi connectivity index (χ0n) is 28.9. The highest BCUT2D eigenvalue weighted by atomic mass is 19.2. The summed E-state index contributed by atoms with van der Waals surface area (Å²) in [4.78, 5) is 38.7. The van der Waals surface area contributed by atoms with E-state index in [9.17, 15) is 24.4 Å². The molecule has 0 spiro atoms. The van der Waals surface area contributed by atoms with Gasteiger partial charge in [0, 0.05) is 62.3 Å². The molecule has 1 aliphatic carbocycles. The third-order valence-corrected chi connectivity index (χ3v) is 10.8. The summed E-state index contributed by atoms with van der Waals surface area (Å²) in [6.45, 7) is 4.08. The van der Waals surface area contributed by atoms with E-state index in [1.165, 1.54) is 30.2 Å². The molecule has 2 bridgehead atoms. The summed E-state index contributed by atoms with van der Waals surface area (Å²) in [5.41, 5.74) is -2.18. The molecule has 3 aromatic carbocycles. The lowest BCUT2D eigenvalue weighted by molar-refractivity contribution is -0.384. The summed E-state index contributed by atoms with van der Waals surface area (Å²) in [6, 6.07) is 4.99. The van der Waals surface area contributed by atoms with Crippen molar-refractivity contribution in [2.75, 3.05) is 71.3 Å². The van der Waals surface area contributed by atoms with Gasteiger partial charge in [0.1, 0.15) is 17.1 Å². The number of anilines is 1. The minimum atomic E-state index is -1.32. The molecule has 4 aromatic rings. The summed E-state index contributed by atoms with van der Waals surface area (Å²) in [5, 5.41) is 22.3. The second-order valence-electron chi connectivity index (χ2n) is 14.2. The minimum Gasteiger partial charge on any atom is -0.468 e. The molecule has 4 aliphatic rings. The zero-order valence-corrected chi connectivity index (χ0v) is 28.9. The summed E-state index contributed by atoms with van der Waals surface area (Å²) in [6.07, 6.45) is 2.00. The Hall–Kier alpha value is -5.00. The summed E-state index contributed by atoms with van der Waals surface area (Å²) in [7, 11) is 1.38. The maximum Gasteiger partial charge on any atom is 0.407 e. The fourth-order valence-electron chi connectivity index (χ4n) is 8.02. The lowest BCUT2D eigenvalue weighted by Crippen LogP contribution is -2.55. The average molecular weight is 739 g/mol. The first-order valence-corrected chi connectivity index (χ1v) is 17.5. The minimum absolute atomic E-state index is 0.00864. The summed E-state index contributed by atoms with van der Waals surface area (Å²) in [5.74, 6) is -3.49. The third-order valence-electron chi connectivity index (χ3n) is 10.8. The van der Waals surface area contributed by atoms with Gasteiger partial charge in [-0.3, -0.25) is 19.9 Å². The van der Waals surface area contributed by atoms with Crippen molar-refractivity contribution in [3.63, 3.8) is 0 Å². The Morgan fingerprint density at radius 2 is 1.79 bits per heavy atom. The van der Waals surface area contributed by atoms with Gasteiger partial charge >= 0.3 is 12.1 Å². The first kappa shape index (κ1) is 35.1. The smallest absolute Gasteiger partial charge is 0.407 e. The van der Waals surface area contributed by atoms with Gasteiger partial charge in [-0.1, -0.05) is 6.07 Å². The van der Waals surface area contributed by atoms with E-state index in [2.05, 4.69) is 9.88 Å². The van der Waals surface area contributed by atoms with Crippen molar-refractivity contribution in [2.45, 2.75) is 37.8 Å². The first-order valence-electron chi connectivity index (χ1n) is 17.5. The molecular formula is C36H37F3N6O8. The molecule has 0 unspecified atom stereocenters. The van der Waals surface area contributed by atoms with Crippen LogP contribution in [0.15, 0.2) is 30.3 Å². The van der Waals surface area contributed by atoms with Crippen LogP contribution in [0.3, 0.4) is 0 Å². The van der Waals surface area contributed by atoms with E-state index in [0.717, 1.165) is 44.6 Å². The van der Waals surface area contributed by atoms with Gasteiger partial charge in [0.05, 0.1) is 47.8 Å². The fourth-order valence-corrected chi connectivity index (χ4v) is 8.02. The zero-order chi connectivity index (χ0) is 37.0. The number of morpholine rings is 1. The van der Waals surface area contributed by atoms with E-state index in [4.69, 9.17) is 23.9 Å². The number of piperazine rings is 1. The van der Waals surface area contributed by atoms with Crippen molar-refractivity contribution in [3.8, 4) is 22.9 Å². The molecule has 3 aliphatic heterocycles. The number of amides is 1. The topological polar surface area (TPSA) is 153 Å². The molecule has 1 aromatic heterocycles. The molecule has 1 amide bonds. The average Bonchev–Trinajstić information content (AvgIpc) is 3.85. The molecule has 8 rings (SSSR count). The van der Waals surface area contributed by atoms with Gasteiger partial charge in [-0.2, -0.15) is 9.97 Å². The number of ether oxygens (including phenoxy) is 4. The van der Waals surface area contributed by atoms with Crippen LogP contribution in [0.4, 0.5) is 29.5 Å². The van der Waals surface area contributed by atoms with Crippen LogP contribution < -0.4 is 14.4 Å². The predicted molar refractivity (Wildman–Crippen MR) is 185 cm³/mol. The highest BCUT2D eigenvalue weighted by Crippen LogP contribution is 2.48. The van der Waals surface area contributed by atoms with Crippen molar-refractivity contribution in [1.82, 2.24) is 19.8 Å². The van der Waals surface area contributed by atoms with Crippen molar-refractivity contribution in [3.05, 3.63) is 57.9 Å². The van der Waals surface area contributed by atoms with Crippen molar-refractivity contribution in [1.29, 1.82) is 0 Å². The highest BCUT2D eigenvalue weighted by Gasteiger charge is 2.46. The number of fused-ring (bicyclic) bond motifs is 4. The van der Waals surface area contributed by atoms with Gasteiger partial charge in [-0.05, 0) is 49.3 Å². The first-order chi connectivity index (χ1) is 25.6. The van der Waals surface area contributed by atoms with Crippen LogP contribution in [0.25, 0.3) is 32.8 Å². The lowest BCUT2D eigenvalue weighted by atomic mass is 9.94. The normalized spacial score (nSPS) is 21.0. The molecule has 4 fully saturated rings. The predicted octanol–water partition coefficient (Wildman–Crippen LogP) is 5.58. The Bertz CT molecular complexity index is 2100. The molecular weight excluding hydrogens is 701 g/mol. The number of hydrogen-bond acceptors (Lipinski definition) is 11. The van der Waals surface area contributed by atoms with Crippen LogP contribution in [0, 0.1) is 33.0 Å². The van der Waals surface area contributed by atoms with Gasteiger partial charge in [-0.15, -0.1) is 0 Å². The number of rotatable bonds is 11. The monoisotopic (exact) mass is 738 g/mol. The van der Waals surface area contributed by atoms with E-state index in [0.29, 0.717) is 26.1 Å². The molecule has 4 heterocycles. The van der Waals surface area contributed by atoms with E-state index in [-0.39, 0.29) is 88.8 Å². The van der Waals surface area contributed by atoms with Crippen LogP contribution in [0.5, 0.6) is 11.8 Å². The number of benzene rings is 3. The van der Waals surface area contributed by atoms with Crippen LogP contribution in [-0.2, 0) is 9.47 Å². The van der Waals surface area contributed by atoms with Crippen LogP contribution in [-0.4, -0.2) is 114 Å². The summed E-state index contributed by atoms with van der Waals surface area (Å²) >= 11 is 0. The number of carbonyl (C=O) groups is 1. The van der Waals surface area contributed by atoms with Crippen LogP contribution in [0.1, 0.15) is 25.7 Å². The molecule has 2 atom stereocenters. The number of nitro benzene ring substituents is 1. The van der Waals surface area contributed by atoms with Crippen molar-refractivity contribution >= 4 is 39.3 Å². The number of nitro groups is 1. The van der Waals surface area contributed by atoms with Gasteiger partial charge in [0.2, 0.25) is 0 Å². The Labute approximate surface area is 301 Å². The standard InChI is InChI=1S/C36H37F3N6O8/c1-50-19-53-23-12-20-2-5-26(37)30(38)28(20)24(13-23)29-27(45(48)49)14-25-32(31(29)39)40-34(52-18-36(6-7-36)17-42-8-10-51-11-9-42)41-33(25)43-15-21-3-4-22(16-43)44(21)35(46)47/h2,5,12-14,21-22H,3-4,6-11,15-19H2,1H3,(H,46,47)/t21-,22+. The number of halogens is 3. The maximum absolute atomic E-state index is 17.3. The van der Waals surface area contributed by atoms with E-state index in [1.54, 1.807) is 4.90 Å². The number of carboxylic acid groups (broad SMARTS) is 1. The number of hydrogen-bond donors (Lipinski definition) is 1. The molecule has 1 N–H and O–H groups in total. The summed E-state index contributed by atoms with van der Waals surface area (Å²) < 4.78 is 69.9. The highest BCUT2D eigenvalue weighted by molar-refractivity contribution is 6.04. The number of methoxy groups -OCH3 is 1. The van der Waals surface area contributed by atoms with Gasteiger partial charge in [0.25, 0.3) is 5.69 Å². The molecule has 17 heteroatoms. The third kappa shape index (κ3) is 6.50. The molecule has 3 saturated heterocycles. The Morgan fingerprint density at radius 3 is 2.45 bits per heavy atom. The van der Waals surface area contributed by atoms with E-state index < -0.39 is 39.7 Å². The number of nitrogens with zero attached hydrogens (tertiary/aromatic N) is 6. The Balaban J connectivity index is 1.28. The Kier molecular flexibility index (Phi) is 9.10.